The minimum absolute atomic E-state index is 0.0718. The molecule has 11 heteroatoms. The molecule has 1 unspecified atom stereocenters. The lowest BCUT2D eigenvalue weighted by molar-refractivity contribution is -0.127. The molecule has 1 aliphatic heterocycles. The van der Waals surface area contributed by atoms with Gasteiger partial charge in [0.1, 0.15) is 10.9 Å². The number of aromatic nitrogens is 1. The molecule has 192 valence electrons. The molecule has 1 atom stereocenters. The highest BCUT2D eigenvalue weighted by Gasteiger charge is 2.45. The molecule has 1 aliphatic carbocycles. The number of benzene rings is 2. The van der Waals surface area contributed by atoms with Crippen LogP contribution in [-0.4, -0.2) is 42.1 Å². The van der Waals surface area contributed by atoms with Gasteiger partial charge < -0.3 is 10.6 Å². The first-order valence-electron chi connectivity index (χ1n) is 11.7. The number of amides is 2. The van der Waals surface area contributed by atoms with Crippen LogP contribution in [0.1, 0.15) is 30.4 Å². The van der Waals surface area contributed by atoms with Gasteiger partial charge in [-0.2, -0.15) is 4.31 Å². The van der Waals surface area contributed by atoms with Crippen LogP contribution in [0.4, 0.5) is 5.69 Å². The van der Waals surface area contributed by atoms with Crippen molar-refractivity contribution in [1.82, 2.24) is 14.6 Å². The SMILES string of the molecule is O=C(CC1C(=O)Nc2ccccc2CN1S(=O)(=O)c1cccc(Cl)c1Cl)NCC1(c2ccncc2)CC1. The fourth-order valence-electron chi connectivity index (χ4n) is 4.60. The zero-order chi connectivity index (χ0) is 26.2. The van der Waals surface area contributed by atoms with E-state index >= 15 is 0 Å². The van der Waals surface area contributed by atoms with E-state index < -0.39 is 27.9 Å². The minimum atomic E-state index is -4.31. The third-order valence-electron chi connectivity index (χ3n) is 6.90. The van der Waals surface area contributed by atoms with E-state index in [0.717, 1.165) is 22.7 Å². The van der Waals surface area contributed by atoms with Crippen LogP contribution in [0.15, 0.2) is 71.9 Å². The number of hydrogen-bond donors (Lipinski definition) is 2. The highest BCUT2D eigenvalue weighted by atomic mass is 35.5. The lowest BCUT2D eigenvalue weighted by atomic mass is 9.97. The van der Waals surface area contributed by atoms with Crippen LogP contribution < -0.4 is 10.6 Å². The molecule has 1 fully saturated rings. The Morgan fingerprint density at radius 3 is 2.54 bits per heavy atom. The van der Waals surface area contributed by atoms with Crippen molar-refractivity contribution in [2.75, 3.05) is 11.9 Å². The average molecular weight is 559 g/mol. The molecule has 2 aliphatic rings. The summed E-state index contributed by atoms with van der Waals surface area (Å²) in [7, 11) is -4.31. The van der Waals surface area contributed by atoms with E-state index in [4.69, 9.17) is 23.2 Å². The van der Waals surface area contributed by atoms with Crippen LogP contribution in [0.5, 0.6) is 0 Å². The number of nitrogens with one attached hydrogen (secondary N) is 2. The smallest absolute Gasteiger partial charge is 0.245 e. The Bertz CT molecular complexity index is 1460. The van der Waals surface area contributed by atoms with Gasteiger partial charge in [-0.25, -0.2) is 8.42 Å². The summed E-state index contributed by atoms with van der Waals surface area (Å²) in [5.41, 5.74) is 2.00. The number of fused-ring (bicyclic) bond motifs is 1. The number of carbonyl (C=O) groups excluding carboxylic acids is 2. The first kappa shape index (κ1) is 25.7. The molecule has 1 saturated carbocycles. The molecule has 2 amide bonds. The molecular weight excluding hydrogens is 535 g/mol. The largest absolute Gasteiger partial charge is 0.355 e. The zero-order valence-electron chi connectivity index (χ0n) is 19.7. The summed E-state index contributed by atoms with van der Waals surface area (Å²) in [6, 6.07) is 13.8. The maximum atomic E-state index is 13.8. The van der Waals surface area contributed by atoms with Gasteiger partial charge in [0.05, 0.1) is 16.5 Å². The van der Waals surface area contributed by atoms with Crippen molar-refractivity contribution < 1.29 is 18.0 Å². The van der Waals surface area contributed by atoms with Crippen LogP contribution in [0, 0.1) is 0 Å². The summed E-state index contributed by atoms with van der Waals surface area (Å²) < 4.78 is 28.7. The van der Waals surface area contributed by atoms with Crippen molar-refractivity contribution in [3.8, 4) is 0 Å². The lowest BCUT2D eigenvalue weighted by Crippen LogP contribution is -2.48. The fourth-order valence-corrected chi connectivity index (χ4v) is 6.90. The number of nitrogens with zero attached hydrogens (tertiary/aromatic N) is 2. The Morgan fingerprint density at radius 1 is 1.08 bits per heavy atom. The van der Waals surface area contributed by atoms with Crippen LogP contribution in [0.2, 0.25) is 10.0 Å². The number of para-hydroxylation sites is 1. The van der Waals surface area contributed by atoms with Gasteiger partial charge in [0.15, 0.2) is 0 Å². The highest BCUT2D eigenvalue weighted by molar-refractivity contribution is 7.89. The minimum Gasteiger partial charge on any atom is -0.355 e. The second-order valence-electron chi connectivity index (χ2n) is 9.26. The molecule has 5 rings (SSSR count). The van der Waals surface area contributed by atoms with E-state index in [9.17, 15) is 18.0 Å². The maximum Gasteiger partial charge on any atom is 0.245 e. The Labute approximate surface area is 225 Å². The molecule has 2 aromatic carbocycles. The molecule has 1 aromatic heterocycles. The maximum absolute atomic E-state index is 13.8. The van der Waals surface area contributed by atoms with Gasteiger partial charge in [0.2, 0.25) is 21.8 Å². The molecule has 0 saturated heterocycles. The Hall–Kier alpha value is -2.98. The average Bonchev–Trinajstić information content (AvgIpc) is 3.70. The van der Waals surface area contributed by atoms with E-state index in [-0.39, 0.29) is 33.3 Å². The second kappa shape index (κ2) is 10.1. The van der Waals surface area contributed by atoms with Crippen molar-refractivity contribution >= 4 is 50.7 Å². The molecule has 0 bridgehead atoms. The molecule has 2 heterocycles. The fraction of sp³-hybridized carbons (Fsp3) is 0.269. The van der Waals surface area contributed by atoms with Gasteiger partial charge in [-0.05, 0) is 54.3 Å². The first-order chi connectivity index (χ1) is 17.7. The van der Waals surface area contributed by atoms with Gasteiger partial charge in [-0.1, -0.05) is 47.5 Å². The molecule has 8 nitrogen and oxygen atoms in total. The van der Waals surface area contributed by atoms with Crippen molar-refractivity contribution in [1.29, 1.82) is 0 Å². The summed E-state index contributed by atoms with van der Waals surface area (Å²) in [5, 5.41) is 5.63. The first-order valence-corrected chi connectivity index (χ1v) is 13.9. The third-order valence-corrected chi connectivity index (χ3v) is 9.73. The van der Waals surface area contributed by atoms with Gasteiger partial charge in [-0.15, -0.1) is 0 Å². The Kier molecular flexibility index (Phi) is 6.97. The number of sulfonamides is 1. The van der Waals surface area contributed by atoms with Crippen molar-refractivity contribution in [3.05, 3.63) is 88.2 Å². The lowest BCUT2D eigenvalue weighted by Gasteiger charge is -2.28. The number of rotatable bonds is 7. The van der Waals surface area contributed by atoms with Crippen LogP contribution in [-0.2, 0) is 31.6 Å². The summed E-state index contributed by atoms with van der Waals surface area (Å²) in [6.45, 7) is 0.260. The van der Waals surface area contributed by atoms with Crippen LogP contribution in [0.3, 0.4) is 0 Å². The summed E-state index contributed by atoms with van der Waals surface area (Å²) in [4.78, 5) is 30.3. The van der Waals surface area contributed by atoms with Crippen LogP contribution in [0.25, 0.3) is 0 Å². The van der Waals surface area contributed by atoms with Gasteiger partial charge in [-0.3, -0.25) is 14.6 Å². The topological polar surface area (TPSA) is 108 Å². The quantitative estimate of drug-likeness (QED) is 0.453. The van der Waals surface area contributed by atoms with E-state index in [0.29, 0.717) is 17.8 Å². The van der Waals surface area contributed by atoms with E-state index in [1.165, 1.54) is 18.2 Å². The number of carbonyl (C=O) groups is 2. The number of halogens is 2. The molecule has 0 spiro atoms. The van der Waals surface area contributed by atoms with Crippen LogP contribution >= 0.6 is 23.2 Å². The van der Waals surface area contributed by atoms with Crippen molar-refractivity contribution in [3.63, 3.8) is 0 Å². The molecule has 2 N–H and O–H groups in total. The predicted molar refractivity (Wildman–Crippen MR) is 141 cm³/mol. The number of pyridine rings is 1. The van der Waals surface area contributed by atoms with E-state index in [2.05, 4.69) is 15.6 Å². The Balaban J connectivity index is 1.43. The van der Waals surface area contributed by atoms with Gasteiger partial charge in [0.25, 0.3) is 0 Å². The van der Waals surface area contributed by atoms with E-state index in [1.807, 2.05) is 12.1 Å². The standard InChI is InChI=1S/C26H24Cl2N4O4S/c27-19-5-3-7-22(24(19)28)37(35,36)32-15-17-4-1-2-6-20(17)31-25(34)21(32)14-23(33)30-16-26(10-11-26)18-8-12-29-13-9-18/h1-9,12-13,21H,10-11,14-16H2,(H,30,33)(H,31,34). The van der Waals surface area contributed by atoms with Crippen molar-refractivity contribution in [2.24, 2.45) is 0 Å². The summed E-state index contributed by atoms with van der Waals surface area (Å²) in [5.74, 6) is -1.03. The highest BCUT2D eigenvalue weighted by Crippen LogP contribution is 2.47. The number of anilines is 1. The summed E-state index contributed by atoms with van der Waals surface area (Å²) >= 11 is 12.4. The molecule has 3 aromatic rings. The molecular formula is C26H24Cl2N4O4S. The second-order valence-corrected chi connectivity index (χ2v) is 11.9. The monoisotopic (exact) mass is 558 g/mol. The molecule has 0 radical (unpaired) electrons. The predicted octanol–water partition coefficient (Wildman–Crippen LogP) is 4.14. The van der Waals surface area contributed by atoms with Crippen molar-refractivity contribution in [2.45, 2.75) is 42.2 Å². The van der Waals surface area contributed by atoms with E-state index in [1.54, 1.807) is 36.7 Å². The number of hydrogen-bond acceptors (Lipinski definition) is 5. The zero-order valence-corrected chi connectivity index (χ0v) is 22.0. The third kappa shape index (κ3) is 5.09. The van der Waals surface area contributed by atoms with Gasteiger partial charge in [0, 0.05) is 36.6 Å². The Morgan fingerprint density at radius 2 is 1.81 bits per heavy atom. The normalized spacial score (nSPS) is 18.9. The molecule has 37 heavy (non-hydrogen) atoms. The van der Waals surface area contributed by atoms with Gasteiger partial charge >= 0.3 is 0 Å². The summed E-state index contributed by atoms with van der Waals surface area (Å²) in [6.07, 6.45) is 4.92.